The van der Waals surface area contributed by atoms with Crippen LogP contribution in [0.1, 0.15) is 5.56 Å². The van der Waals surface area contributed by atoms with Crippen LogP contribution in [0.3, 0.4) is 0 Å². The van der Waals surface area contributed by atoms with Gasteiger partial charge in [0.05, 0.1) is 22.7 Å². The Balaban J connectivity index is 1.87. The van der Waals surface area contributed by atoms with Gasteiger partial charge in [0, 0.05) is 38.6 Å². The molecule has 1 fully saturated rings. The van der Waals surface area contributed by atoms with Gasteiger partial charge in [-0.25, -0.2) is 40.9 Å². The molecule has 1 aromatic carbocycles. The van der Waals surface area contributed by atoms with E-state index in [4.69, 9.17) is 5.73 Å². The molecule has 5 rings (SSSR count). The van der Waals surface area contributed by atoms with Gasteiger partial charge >= 0.3 is 5.69 Å². The Kier molecular flexibility index (Phi) is 7.79. The first-order valence-corrected chi connectivity index (χ1v) is 14.9. The van der Waals surface area contributed by atoms with Gasteiger partial charge in [0.15, 0.2) is 26.3 Å². The molecule has 0 aliphatic carbocycles. The summed E-state index contributed by atoms with van der Waals surface area (Å²) in [7, 11) is -4.03. The molecule has 224 valence electrons. The average Bonchev–Trinajstić information content (AvgIpc) is 2.96. The first-order valence-electron chi connectivity index (χ1n) is 13.0. The Morgan fingerprint density at radius 3 is 2.47 bits per heavy atom. The second-order valence-electron chi connectivity index (χ2n) is 9.97. The van der Waals surface area contributed by atoms with Crippen molar-refractivity contribution in [2.24, 2.45) is 5.73 Å². The molecule has 0 radical (unpaired) electrons. The van der Waals surface area contributed by atoms with E-state index in [0.717, 1.165) is 41.2 Å². The van der Waals surface area contributed by atoms with Crippen molar-refractivity contribution in [1.29, 1.82) is 0 Å². The van der Waals surface area contributed by atoms with Crippen molar-refractivity contribution in [3.05, 3.63) is 82.7 Å². The fraction of sp³-hybridized carbons (Fsp3) is 0.250. The number of carbonyl (C=O) groups excluding carboxylic acids is 1. The Morgan fingerprint density at radius 2 is 1.84 bits per heavy atom. The molecule has 4 aromatic rings. The van der Waals surface area contributed by atoms with Crippen molar-refractivity contribution in [3.8, 4) is 16.9 Å². The number of benzene rings is 1. The minimum Gasteiger partial charge on any atom is -0.348 e. The van der Waals surface area contributed by atoms with Gasteiger partial charge < -0.3 is 15.5 Å². The second-order valence-corrected chi connectivity index (χ2v) is 11.9. The second kappa shape index (κ2) is 11.2. The molecular formula is C28H26F3N7O4S. The number of pyridine rings is 2. The zero-order chi connectivity index (χ0) is 31.2. The van der Waals surface area contributed by atoms with Crippen LogP contribution in [-0.2, 0) is 14.6 Å². The van der Waals surface area contributed by atoms with E-state index >= 15 is 4.39 Å². The van der Waals surface area contributed by atoms with Crippen LogP contribution < -0.4 is 16.3 Å². The van der Waals surface area contributed by atoms with E-state index in [0.29, 0.717) is 0 Å². The largest absolute Gasteiger partial charge is 0.355 e. The summed E-state index contributed by atoms with van der Waals surface area (Å²) in [6, 6.07) is 4.78. The number of anilines is 1. The minimum absolute atomic E-state index is 0.0154. The molecule has 4 heterocycles. The van der Waals surface area contributed by atoms with Gasteiger partial charge in [-0.1, -0.05) is 12.6 Å². The zero-order valence-corrected chi connectivity index (χ0v) is 23.9. The maximum atomic E-state index is 15.8. The van der Waals surface area contributed by atoms with Crippen molar-refractivity contribution in [2.75, 3.05) is 37.3 Å². The van der Waals surface area contributed by atoms with E-state index in [1.54, 1.807) is 4.90 Å². The molecule has 1 amide bonds. The number of hydrogen-bond acceptors (Lipinski definition) is 9. The molecule has 1 aliphatic rings. The molecule has 2 N–H and O–H groups in total. The van der Waals surface area contributed by atoms with Crippen LogP contribution in [0.5, 0.6) is 0 Å². The number of hydrogen-bond donors (Lipinski definition) is 1. The third-order valence-electron chi connectivity index (χ3n) is 7.18. The van der Waals surface area contributed by atoms with E-state index < -0.39 is 55.3 Å². The molecule has 0 spiro atoms. The summed E-state index contributed by atoms with van der Waals surface area (Å²) in [4.78, 5) is 41.6. The van der Waals surface area contributed by atoms with Crippen molar-refractivity contribution in [3.63, 3.8) is 0 Å². The molecule has 11 nitrogen and oxygen atoms in total. The Morgan fingerprint density at radius 1 is 1.14 bits per heavy atom. The molecule has 0 saturated carbocycles. The van der Waals surface area contributed by atoms with E-state index in [9.17, 15) is 26.8 Å². The standard InChI is InChI=1S/C28H26F3N7O4S/c1-4-21(39)36-10-11-37(16(13-32)14-36)25-17-12-20(31)23(22-18(29)6-5-7-19(22)30)34-26(17)38(28(40)35-25)24-15(2)8-9-33-27(24)43(3,41)42/h4-9,12,16H,1,10-11,13-14,32H2,2-3H3/t16-/m0/s1. The molecule has 0 unspecified atom stereocenters. The van der Waals surface area contributed by atoms with Crippen LogP contribution in [0.15, 0.2) is 59.0 Å². The topological polar surface area (TPSA) is 144 Å². The maximum Gasteiger partial charge on any atom is 0.355 e. The normalized spacial score (nSPS) is 15.6. The van der Waals surface area contributed by atoms with Gasteiger partial charge in [-0.3, -0.25) is 4.79 Å². The minimum atomic E-state index is -4.03. The first-order chi connectivity index (χ1) is 20.4. The summed E-state index contributed by atoms with van der Waals surface area (Å²) >= 11 is 0. The summed E-state index contributed by atoms with van der Waals surface area (Å²) in [6.07, 6.45) is 3.31. The summed E-state index contributed by atoms with van der Waals surface area (Å²) in [6.45, 7) is 5.52. The lowest BCUT2D eigenvalue weighted by molar-refractivity contribution is -0.126. The van der Waals surface area contributed by atoms with Crippen LogP contribution >= 0.6 is 0 Å². The van der Waals surface area contributed by atoms with Crippen LogP contribution in [0.2, 0.25) is 0 Å². The molecule has 43 heavy (non-hydrogen) atoms. The zero-order valence-electron chi connectivity index (χ0n) is 23.1. The van der Waals surface area contributed by atoms with Crippen LogP contribution in [-0.4, -0.2) is 77.2 Å². The summed E-state index contributed by atoms with van der Waals surface area (Å²) < 4.78 is 71.7. The first kappa shape index (κ1) is 29.8. The van der Waals surface area contributed by atoms with Crippen LogP contribution in [0.25, 0.3) is 28.0 Å². The summed E-state index contributed by atoms with van der Waals surface area (Å²) in [5, 5.41) is -0.547. The highest BCUT2D eigenvalue weighted by Gasteiger charge is 2.33. The highest BCUT2D eigenvalue weighted by molar-refractivity contribution is 7.90. The number of rotatable bonds is 6. The lowest BCUT2D eigenvalue weighted by atomic mass is 10.1. The van der Waals surface area contributed by atoms with Crippen molar-refractivity contribution in [1.82, 2.24) is 24.4 Å². The number of amides is 1. The maximum absolute atomic E-state index is 15.8. The number of halogens is 3. The van der Waals surface area contributed by atoms with Crippen LogP contribution in [0, 0.1) is 24.4 Å². The molecule has 3 aromatic heterocycles. The van der Waals surface area contributed by atoms with Gasteiger partial charge in [-0.2, -0.15) is 4.98 Å². The molecular weight excluding hydrogens is 587 g/mol. The Hall–Kier alpha value is -4.63. The average molecular weight is 614 g/mol. The summed E-state index contributed by atoms with van der Waals surface area (Å²) in [5.74, 6) is -3.70. The highest BCUT2D eigenvalue weighted by atomic mass is 32.2. The number of aromatic nitrogens is 4. The number of nitrogens with two attached hydrogens (primary N) is 1. The third-order valence-corrected chi connectivity index (χ3v) is 8.18. The highest BCUT2D eigenvalue weighted by Crippen LogP contribution is 2.34. The number of carbonyl (C=O) groups is 1. The SMILES string of the molecule is C=CC(=O)N1CCN(c2nc(=O)n(-c3c(C)ccnc3S(C)(=O)=O)c3nc(-c4c(F)cccc4F)c(F)cc23)[C@@H](CN)C1. The monoisotopic (exact) mass is 613 g/mol. The quantitative estimate of drug-likeness (QED) is 0.324. The van der Waals surface area contributed by atoms with E-state index in [1.807, 2.05) is 0 Å². The van der Waals surface area contributed by atoms with Gasteiger partial charge in [0.1, 0.15) is 23.1 Å². The van der Waals surface area contributed by atoms with Crippen LogP contribution in [0.4, 0.5) is 19.0 Å². The number of nitrogens with zero attached hydrogens (tertiary/aromatic N) is 6. The fourth-order valence-corrected chi connectivity index (χ4v) is 6.02. The predicted molar refractivity (Wildman–Crippen MR) is 153 cm³/mol. The van der Waals surface area contributed by atoms with E-state index in [2.05, 4.69) is 21.5 Å². The molecule has 1 aliphatic heterocycles. The molecule has 1 atom stereocenters. The summed E-state index contributed by atoms with van der Waals surface area (Å²) in [5.41, 5.74) is 3.26. The Bertz CT molecular complexity index is 1950. The number of fused-ring (bicyclic) bond motifs is 1. The Labute approximate surface area is 244 Å². The van der Waals surface area contributed by atoms with Crippen molar-refractivity contribution < 1.29 is 26.4 Å². The van der Waals surface area contributed by atoms with E-state index in [-0.39, 0.29) is 60.2 Å². The predicted octanol–water partition coefficient (Wildman–Crippen LogP) is 2.13. The van der Waals surface area contributed by atoms with Crippen molar-refractivity contribution in [2.45, 2.75) is 18.0 Å². The number of piperazine rings is 1. The van der Waals surface area contributed by atoms with Gasteiger partial charge in [-0.15, -0.1) is 0 Å². The number of aryl methyl sites for hydroxylation is 1. The van der Waals surface area contributed by atoms with E-state index in [1.165, 1.54) is 24.1 Å². The lowest BCUT2D eigenvalue weighted by Crippen LogP contribution is -2.57. The van der Waals surface area contributed by atoms with Gasteiger partial charge in [-0.05, 0) is 42.8 Å². The number of sulfone groups is 1. The van der Waals surface area contributed by atoms with Gasteiger partial charge in [0.25, 0.3) is 0 Å². The lowest BCUT2D eigenvalue weighted by Gasteiger charge is -2.41. The smallest absolute Gasteiger partial charge is 0.348 e. The molecule has 15 heteroatoms. The third kappa shape index (κ3) is 5.25. The van der Waals surface area contributed by atoms with Crippen molar-refractivity contribution >= 4 is 32.6 Å². The molecule has 0 bridgehead atoms. The fourth-order valence-electron chi connectivity index (χ4n) is 5.16. The molecule has 1 saturated heterocycles. The van der Waals surface area contributed by atoms with Gasteiger partial charge in [0.2, 0.25) is 5.91 Å².